The minimum Gasteiger partial charge on any atom is -0.309 e. The van der Waals surface area contributed by atoms with E-state index in [4.69, 9.17) is 9.97 Å². The van der Waals surface area contributed by atoms with Gasteiger partial charge in [0.15, 0.2) is 0 Å². The van der Waals surface area contributed by atoms with Crippen LogP contribution >= 0.6 is 0 Å². The number of hydrogen-bond donors (Lipinski definition) is 0. The maximum absolute atomic E-state index is 5.37. The number of hydrogen-bond acceptors (Lipinski definition) is 2. The summed E-state index contributed by atoms with van der Waals surface area (Å²) in [4.78, 5) is 10.6. The maximum atomic E-state index is 5.37. The van der Waals surface area contributed by atoms with Crippen molar-refractivity contribution in [3.8, 4) is 34.0 Å². The molecular weight excluding hydrogens is 669 g/mol. The molecule has 0 amide bonds. The van der Waals surface area contributed by atoms with Gasteiger partial charge in [0.1, 0.15) is 0 Å². The van der Waals surface area contributed by atoms with E-state index in [-0.39, 0.29) is 5.41 Å². The predicted molar refractivity (Wildman–Crippen MR) is 229 cm³/mol. The Balaban J connectivity index is 1.20. The largest absolute Gasteiger partial charge is 0.309 e. The molecule has 1 aliphatic carbocycles. The van der Waals surface area contributed by atoms with Gasteiger partial charge in [-0.25, -0.2) is 9.97 Å². The van der Waals surface area contributed by atoms with Gasteiger partial charge in [0.25, 0.3) is 0 Å². The Morgan fingerprint density at radius 2 is 1.05 bits per heavy atom. The van der Waals surface area contributed by atoms with Crippen LogP contribution in [0.5, 0.6) is 0 Å². The first-order chi connectivity index (χ1) is 27.0. The predicted octanol–water partition coefficient (Wildman–Crippen LogP) is 13.0. The zero-order valence-corrected chi connectivity index (χ0v) is 30.5. The molecular formula is C51H34N4. The highest BCUT2D eigenvalue weighted by molar-refractivity contribution is 6.20. The highest BCUT2D eigenvalue weighted by atomic mass is 15.2. The van der Waals surface area contributed by atoms with Gasteiger partial charge in [-0.15, -0.1) is 0 Å². The van der Waals surface area contributed by atoms with Crippen molar-refractivity contribution in [3.05, 3.63) is 181 Å². The highest BCUT2D eigenvalue weighted by Crippen LogP contribution is 2.50. The van der Waals surface area contributed by atoms with Gasteiger partial charge < -0.3 is 4.57 Å². The van der Waals surface area contributed by atoms with Crippen molar-refractivity contribution in [1.29, 1.82) is 0 Å². The van der Waals surface area contributed by atoms with Gasteiger partial charge in [-0.1, -0.05) is 135 Å². The fourth-order valence-corrected chi connectivity index (χ4v) is 9.47. The number of nitrogens with zero attached hydrogens (tertiary/aromatic N) is 4. The molecule has 0 spiro atoms. The van der Waals surface area contributed by atoms with Gasteiger partial charge in [-0.2, -0.15) is 0 Å². The second kappa shape index (κ2) is 11.0. The Morgan fingerprint density at radius 3 is 1.93 bits per heavy atom. The summed E-state index contributed by atoms with van der Waals surface area (Å²) in [6.45, 7) is 4.71. The van der Waals surface area contributed by atoms with Crippen LogP contribution in [0.25, 0.3) is 99.3 Å². The fraction of sp³-hybridized carbons (Fsp3) is 0.0588. The summed E-state index contributed by atoms with van der Waals surface area (Å²) in [7, 11) is 0. The molecule has 0 N–H and O–H groups in total. The Kier molecular flexibility index (Phi) is 6.09. The van der Waals surface area contributed by atoms with Crippen LogP contribution in [0.4, 0.5) is 0 Å². The summed E-state index contributed by atoms with van der Waals surface area (Å²) in [5.74, 6) is 0.661. The lowest BCUT2D eigenvalue weighted by molar-refractivity contribution is 0.660. The van der Waals surface area contributed by atoms with E-state index < -0.39 is 0 Å². The second-order valence-electron chi connectivity index (χ2n) is 15.4. The molecule has 0 bridgehead atoms. The molecule has 11 aromatic rings. The molecule has 3 aromatic heterocycles. The van der Waals surface area contributed by atoms with E-state index in [1.807, 2.05) is 0 Å². The van der Waals surface area contributed by atoms with Gasteiger partial charge in [0.2, 0.25) is 5.95 Å². The molecule has 0 saturated carbocycles. The van der Waals surface area contributed by atoms with Gasteiger partial charge in [0, 0.05) is 43.6 Å². The lowest BCUT2D eigenvalue weighted by atomic mass is 9.82. The molecule has 0 fully saturated rings. The first-order valence-electron chi connectivity index (χ1n) is 19.0. The average molecular weight is 703 g/mol. The molecule has 12 rings (SSSR count). The molecule has 3 heterocycles. The van der Waals surface area contributed by atoms with Crippen LogP contribution in [0.15, 0.2) is 170 Å². The molecule has 8 aromatic carbocycles. The van der Waals surface area contributed by atoms with Crippen molar-refractivity contribution in [2.45, 2.75) is 19.3 Å². The Morgan fingerprint density at radius 1 is 0.418 bits per heavy atom. The van der Waals surface area contributed by atoms with Crippen molar-refractivity contribution >= 4 is 65.3 Å². The van der Waals surface area contributed by atoms with Crippen LogP contribution < -0.4 is 0 Å². The minimum atomic E-state index is -0.114. The first-order valence-corrected chi connectivity index (χ1v) is 19.0. The zero-order valence-electron chi connectivity index (χ0n) is 30.5. The molecule has 0 aliphatic heterocycles. The van der Waals surface area contributed by atoms with E-state index in [9.17, 15) is 0 Å². The van der Waals surface area contributed by atoms with E-state index in [0.29, 0.717) is 5.95 Å². The second-order valence-corrected chi connectivity index (χ2v) is 15.4. The summed E-state index contributed by atoms with van der Waals surface area (Å²) < 4.78 is 4.75. The number of rotatable bonds is 3. The molecule has 4 nitrogen and oxygen atoms in total. The maximum Gasteiger partial charge on any atom is 0.235 e. The quantitative estimate of drug-likeness (QED) is 0.184. The van der Waals surface area contributed by atoms with Crippen LogP contribution in [-0.2, 0) is 5.41 Å². The third-order valence-electron chi connectivity index (χ3n) is 12.1. The summed E-state index contributed by atoms with van der Waals surface area (Å²) in [5, 5.41) is 8.32. The first kappa shape index (κ1) is 30.4. The van der Waals surface area contributed by atoms with Gasteiger partial charge in [0.05, 0.1) is 33.3 Å². The van der Waals surface area contributed by atoms with Crippen LogP contribution in [-0.4, -0.2) is 19.1 Å². The standard InChI is InChI=1S/C51H34N4/c1-51(2)42-21-11-8-18-35(42)36-25-24-34(28-43(36)51)54-46-27-33-17-7-6-16-32(33)26-39(46)41-29-40-37-19-10-13-23-45(37)55(48(40)30-47(41)54)50-52-44-22-12-9-20-38(44)49(53-50)31-14-4-3-5-15-31/h3-30H,1-2H3. The van der Waals surface area contributed by atoms with Gasteiger partial charge in [-0.3, -0.25) is 4.57 Å². The third-order valence-corrected chi connectivity index (χ3v) is 12.1. The van der Waals surface area contributed by atoms with E-state index in [0.717, 1.165) is 44.4 Å². The summed E-state index contributed by atoms with van der Waals surface area (Å²) >= 11 is 0. The highest BCUT2D eigenvalue weighted by Gasteiger charge is 2.35. The van der Waals surface area contributed by atoms with Gasteiger partial charge >= 0.3 is 0 Å². The number of para-hydroxylation sites is 2. The monoisotopic (exact) mass is 702 g/mol. The summed E-state index contributed by atoms with van der Waals surface area (Å²) in [5.41, 5.74) is 13.8. The summed E-state index contributed by atoms with van der Waals surface area (Å²) in [6, 6.07) is 61.7. The zero-order chi connectivity index (χ0) is 36.4. The van der Waals surface area contributed by atoms with E-state index in [1.165, 1.54) is 60.1 Å². The third kappa shape index (κ3) is 4.22. The van der Waals surface area contributed by atoms with E-state index in [1.54, 1.807) is 0 Å². The molecule has 0 atom stereocenters. The van der Waals surface area contributed by atoms with Crippen molar-refractivity contribution < 1.29 is 0 Å². The van der Waals surface area contributed by atoms with Crippen molar-refractivity contribution in [2.75, 3.05) is 0 Å². The average Bonchev–Trinajstić information content (AvgIpc) is 3.80. The van der Waals surface area contributed by atoms with Crippen LogP contribution in [0.3, 0.4) is 0 Å². The molecule has 258 valence electrons. The SMILES string of the molecule is CC1(C)c2ccccc2-c2ccc(-n3c4cc5ccccc5cc4c4cc5c6ccccc6n(-c6nc(-c7ccccc7)c7ccccc7n6)c5cc43)cc21. The molecule has 55 heavy (non-hydrogen) atoms. The van der Waals surface area contributed by atoms with Crippen molar-refractivity contribution in [2.24, 2.45) is 0 Å². The minimum absolute atomic E-state index is 0.114. The molecule has 1 aliphatic rings. The lowest BCUT2D eigenvalue weighted by Gasteiger charge is -2.22. The number of aromatic nitrogens is 4. The van der Waals surface area contributed by atoms with E-state index in [2.05, 4.69) is 193 Å². The Bertz CT molecular complexity index is 3400. The topological polar surface area (TPSA) is 35.6 Å². The lowest BCUT2D eigenvalue weighted by Crippen LogP contribution is -2.15. The smallest absolute Gasteiger partial charge is 0.235 e. The Hall–Kier alpha value is -7.04. The molecule has 0 saturated heterocycles. The van der Waals surface area contributed by atoms with Crippen molar-refractivity contribution in [3.63, 3.8) is 0 Å². The normalized spacial score (nSPS) is 13.4. The van der Waals surface area contributed by atoms with Crippen molar-refractivity contribution in [1.82, 2.24) is 19.1 Å². The number of benzene rings is 8. The molecule has 4 heteroatoms. The van der Waals surface area contributed by atoms with E-state index >= 15 is 0 Å². The van der Waals surface area contributed by atoms with Gasteiger partial charge in [-0.05, 0) is 81.6 Å². The summed E-state index contributed by atoms with van der Waals surface area (Å²) in [6.07, 6.45) is 0. The fourth-order valence-electron chi connectivity index (χ4n) is 9.47. The molecule has 0 unspecified atom stereocenters. The van der Waals surface area contributed by atoms with Crippen LogP contribution in [0.1, 0.15) is 25.0 Å². The number of fused-ring (bicyclic) bond motifs is 11. The van der Waals surface area contributed by atoms with Crippen LogP contribution in [0, 0.1) is 0 Å². The molecule has 0 radical (unpaired) electrons. The van der Waals surface area contributed by atoms with Crippen LogP contribution in [0.2, 0.25) is 0 Å². The Labute approximate surface area is 317 Å².